The van der Waals surface area contributed by atoms with Crippen LogP contribution in [0.1, 0.15) is 56.3 Å². The molecule has 29 heavy (non-hydrogen) atoms. The molecule has 1 aromatic heterocycles. The van der Waals surface area contributed by atoms with E-state index >= 15 is 0 Å². The van der Waals surface area contributed by atoms with E-state index in [1.165, 1.54) is 12.8 Å². The lowest BCUT2D eigenvalue weighted by Crippen LogP contribution is -2.67. The Kier molecular flexibility index (Phi) is 5.10. The molecule has 4 atom stereocenters. The lowest BCUT2D eigenvalue weighted by molar-refractivity contribution is -0.153. The second kappa shape index (κ2) is 7.74. The van der Waals surface area contributed by atoms with Crippen molar-refractivity contribution in [2.45, 2.75) is 70.5 Å². The molecule has 5 rings (SSSR count). The lowest BCUT2D eigenvalue weighted by Gasteiger charge is -2.56. The number of nitrogens with one attached hydrogen (secondary N) is 2. The summed E-state index contributed by atoms with van der Waals surface area (Å²) in [5.74, 6) is 1.66. The fourth-order valence-corrected chi connectivity index (χ4v) is 6.04. The van der Waals surface area contributed by atoms with Crippen LogP contribution >= 0.6 is 0 Å². The fraction of sp³-hybridized carbons (Fsp3) is 0.773. The van der Waals surface area contributed by atoms with E-state index in [-0.39, 0.29) is 17.9 Å². The lowest BCUT2D eigenvalue weighted by atomic mass is 9.72. The average Bonchev–Trinajstić information content (AvgIpc) is 3.05. The van der Waals surface area contributed by atoms with Gasteiger partial charge in [-0.2, -0.15) is 0 Å². The molecule has 1 saturated carbocycles. The Labute approximate surface area is 172 Å². The third-order valence-electron chi connectivity index (χ3n) is 7.84. The molecule has 7 nitrogen and oxygen atoms in total. The van der Waals surface area contributed by atoms with Crippen molar-refractivity contribution < 1.29 is 9.59 Å². The third-order valence-corrected chi connectivity index (χ3v) is 7.84. The number of aromatic amines is 1. The van der Waals surface area contributed by atoms with Crippen LogP contribution in [0.15, 0.2) is 6.33 Å². The maximum atomic E-state index is 12.9. The Morgan fingerprint density at radius 3 is 2.79 bits per heavy atom. The molecule has 3 aliphatic heterocycles. The van der Waals surface area contributed by atoms with Gasteiger partial charge in [-0.3, -0.25) is 14.5 Å². The first-order valence-electron chi connectivity index (χ1n) is 11.4. The number of likely N-dealkylation sites (tertiary alicyclic amines) is 1. The van der Waals surface area contributed by atoms with Crippen molar-refractivity contribution in [2.75, 3.05) is 19.6 Å². The van der Waals surface area contributed by atoms with Gasteiger partial charge in [-0.05, 0) is 50.9 Å². The standard InChI is InChI=1S/C22H33N5O2/c1-14-18(25-13-24-14)12-26-10-16-8-17(11-26)20(9-23-22(29)15-4-2-5-15)27-19(16)6-3-7-21(27)28/h13,15-17,19-20H,2-12H2,1H3,(H,23,29)(H,24,25)/t16-,17+,19+,20+/m1/s1. The van der Waals surface area contributed by atoms with Crippen molar-refractivity contribution in [3.63, 3.8) is 0 Å². The number of imidazole rings is 1. The maximum Gasteiger partial charge on any atom is 0.223 e. The van der Waals surface area contributed by atoms with E-state index in [0.717, 1.165) is 56.7 Å². The first-order chi connectivity index (χ1) is 14.1. The Bertz CT molecular complexity index is 773. The first-order valence-corrected chi connectivity index (χ1v) is 11.4. The molecule has 158 valence electrons. The Morgan fingerprint density at radius 1 is 1.24 bits per heavy atom. The molecule has 2 bridgehead atoms. The van der Waals surface area contributed by atoms with E-state index in [0.29, 0.717) is 36.8 Å². The summed E-state index contributed by atoms with van der Waals surface area (Å²) in [4.78, 5) is 37.7. The Hall–Kier alpha value is -1.89. The van der Waals surface area contributed by atoms with E-state index in [1.807, 2.05) is 0 Å². The molecular weight excluding hydrogens is 366 g/mol. The summed E-state index contributed by atoms with van der Waals surface area (Å²) >= 11 is 0. The quantitative estimate of drug-likeness (QED) is 0.792. The molecule has 0 aromatic carbocycles. The van der Waals surface area contributed by atoms with Crippen molar-refractivity contribution >= 4 is 11.8 Å². The van der Waals surface area contributed by atoms with Crippen molar-refractivity contribution in [2.24, 2.45) is 17.8 Å². The van der Waals surface area contributed by atoms with Crippen LogP contribution in [0.4, 0.5) is 0 Å². The third kappa shape index (κ3) is 3.58. The molecule has 1 aromatic rings. The number of carbonyl (C=O) groups excluding carboxylic acids is 2. The number of piperidine rings is 3. The van der Waals surface area contributed by atoms with Crippen LogP contribution in [0.5, 0.6) is 0 Å². The van der Waals surface area contributed by atoms with E-state index < -0.39 is 0 Å². The van der Waals surface area contributed by atoms with Crippen LogP contribution < -0.4 is 5.32 Å². The van der Waals surface area contributed by atoms with Gasteiger partial charge in [-0.15, -0.1) is 0 Å². The van der Waals surface area contributed by atoms with Crippen LogP contribution in [-0.4, -0.2) is 63.3 Å². The van der Waals surface area contributed by atoms with Crippen molar-refractivity contribution in [3.05, 3.63) is 17.7 Å². The number of carbonyl (C=O) groups is 2. The number of fused-ring (bicyclic) bond motifs is 4. The molecule has 0 unspecified atom stereocenters. The monoisotopic (exact) mass is 399 g/mol. The zero-order chi connectivity index (χ0) is 20.0. The van der Waals surface area contributed by atoms with Crippen LogP contribution in [0, 0.1) is 24.7 Å². The van der Waals surface area contributed by atoms with Gasteiger partial charge in [0.25, 0.3) is 0 Å². The highest BCUT2D eigenvalue weighted by Crippen LogP contribution is 2.41. The molecule has 2 N–H and O–H groups in total. The summed E-state index contributed by atoms with van der Waals surface area (Å²) in [6.07, 6.45) is 8.92. The van der Waals surface area contributed by atoms with Gasteiger partial charge in [-0.1, -0.05) is 6.42 Å². The van der Waals surface area contributed by atoms with Gasteiger partial charge in [0.1, 0.15) is 0 Å². The van der Waals surface area contributed by atoms with Crippen molar-refractivity contribution in [1.82, 2.24) is 25.1 Å². The molecule has 3 saturated heterocycles. The first kappa shape index (κ1) is 19.1. The molecule has 4 heterocycles. The maximum absolute atomic E-state index is 12.9. The van der Waals surface area contributed by atoms with Crippen molar-refractivity contribution in [1.29, 1.82) is 0 Å². The highest BCUT2D eigenvalue weighted by atomic mass is 16.2. The highest BCUT2D eigenvalue weighted by Gasteiger charge is 2.49. The number of rotatable bonds is 5. The SMILES string of the molecule is Cc1[nH]cnc1CN1C[C@H]2C[C@@H](C1)[C@H](CNC(=O)C1CCC1)N1C(=O)CCC[C@@H]21. The van der Waals surface area contributed by atoms with Gasteiger partial charge in [0, 0.05) is 50.3 Å². The largest absolute Gasteiger partial charge is 0.354 e. The summed E-state index contributed by atoms with van der Waals surface area (Å²) in [6, 6.07) is 0.470. The molecule has 2 amide bonds. The van der Waals surface area contributed by atoms with Crippen LogP contribution in [-0.2, 0) is 16.1 Å². The van der Waals surface area contributed by atoms with Gasteiger partial charge >= 0.3 is 0 Å². The zero-order valence-corrected chi connectivity index (χ0v) is 17.4. The van der Waals surface area contributed by atoms with E-state index in [1.54, 1.807) is 6.33 Å². The normalized spacial score (nSPS) is 32.6. The van der Waals surface area contributed by atoms with Crippen LogP contribution in [0.25, 0.3) is 0 Å². The summed E-state index contributed by atoms with van der Waals surface area (Å²) in [7, 11) is 0. The van der Waals surface area contributed by atoms with Crippen LogP contribution in [0.2, 0.25) is 0 Å². The predicted octanol–water partition coefficient (Wildman–Crippen LogP) is 1.84. The Morgan fingerprint density at radius 2 is 2.07 bits per heavy atom. The number of aryl methyl sites for hydroxylation is 1. The smallest absolute Gasteiger partial charge is 0.223 e. The highest BCUT2D eigenvalue weighted by molar-refractivity contribution is 5.80. The van der Waals surface area contributed by atoms with Gasteiger partial charge in [-0.25, -0.2) is 4.98 Å². The number of aromatic nitrogens is 2. The summed E-state index contributed by atoms with van der Waals surface area (Å²) in [6.45, 7) is 5.57. The second-order valence-corrected chi connectivity index (χ2v) is 9.63. The summed E-state index contributed by atoms with van der Waals surface area (Å²) in [5, 5.41) is 3.21. The number of hydrogen-bond donors (Lipinski definition) is 2. The van der Waals surface area contributed by atoms with E-state index in [9.17, 15) is 9.59 Å². The molecule has 0 radical (unpaired) electrons. The number of H-pyrrole nitrogens is 1. The van der Waals surface area contributed by atoms with Gasteiger partial charge in [0.15, 0.2) is 0 Å². The van der Waals surface area contributed by atoms with Gasteiger partial charge < -0.3 is 15.2 Å². The minimum Gasteiger partial charge on any atom is -0.354 e. The van der Waals surface area contributed by atoms with Gasteiger partial charge in [0.2, 0.25) is 11.8 Å². The molecule has 0 spiro atoms. The number of hydrogen-bond acceptors (Lipinski definition) is 4. The zero-order valence-electron chi connectivity index (χ0n) is 17.4. The molecular formula is C22H33N5O2. The summed E-state index contributed by atoms with van der Waals surface area (Å²) < 4.78 is 0. The minimum absolute atomic E-state index is 0.135. The number of nitrogens with zero attached hydrogens (tertiary/aromatic N) is 3. The predicted molar refractivity (Wildman–Crippen MR) is 109 cm³/mol. The topological polar surface area (TPSA) is 81.3 Å². The van der Waals surface area contributed by atoms with Gasteiger partial charge in [0.05, 0.1) is 18.1 Å². The van der Waals surface area contributed by atoms with Crippen molar-refractivity contribution in [3.8, 4) is 0 Å². The van der Waals surface area contributed by atoms with E-state index in [4.69, 9.17) is 0 Å². The molecule has 4 fully saturated rings. The minimum atomic E-state index is 0.135. The van der Waals surface area contributed by atoms with Crippen LogP contribution in [0.3, 0.4) is 0 Å². The Balaban J connectivity index is 1.33. The number of amides is 2. The second-order valence-electron chi connectivity index (χ2n) is 9.63. The summed E-state index contributed by atoms with van der Waals surface area (Å²) in [5.41, 5.74) is 2.26. The fourth-order valence-electron chi connectivity index (χ4n) is 6.04. The molecule has 4 aliphatic rings. The average molecular weight is 400 g/mol. The molecule has 7 heteroatoms. The van der Waals surface area contributed by atoms with E-state index in [2.05, 4.69) is 32.0 Å². The molecule has 1 aliphatic carbocycles.